The Kier molecular flexibility index (Phi) is 9.76. The zero-order valence-electron chi connectivity index (χ0n) is 29.9. The first-order valence-corrected chi connectivity index (χ1v) is 20.1. The number of carbonyl (C=O) groups excluding carboxylic acids is 5. The molecule has 3 N–H and O–H groups in total. The minimum atomic E-state index is -3.89. The van der Waals surface area contributed by atoms with Crippen molar-refractivity contribution in [3.8, 4) is 0 Å². The fraction of sp³-hybridized carbons (Fsp3) is 0.649. The van der Waals surface area contributed by atoms with Crippen molar-refractivity contribution in [2.24, 2.45) is 11.3 Å². The van der Waals surface area contributed by atoms with Gasteiger partial charge in [0.15, 0.2) is 0 Å². The average molecular weight is 740 g/mol. The van der Waals surface area contributed by atoms with E-state index < -0.39 is 74.8 Å². The smallest absolute Gasteiger partial charge is 0.410 e. The molecule has 1 aromatic carbocycles. The molecule has 14 nitrogen and oxygen atoms in total. The Balaban J connectivity index is 1.12. The van der Waals surface area contributed by atoms with Crippen LogP contribution in [0, 0.1) is 18.3 Å². The number of amides is 5. The van der Waals surface area contributed by atoms with Gasteiger partial charge in [-0.1, -0.05) is 50.1 Å². The molecule has 3 aliphatic carbocycles. The zero-order valence-corrected chi connectivity index (χ0v) is 30.7. The molecule has 4 fully saturated rings. The van der Waals surface area contributed by atoms with Crippen LogP contribution >= 0.6 is 0 Å². The van der Waals surface area contributed by atoms with Gasteiger partial charge in [0.25, 0.3) is 5.91 Å². The van der Waals surface area contributed by atoms with E-state index in [2.05, 4.69) is 15.4 Å². The molecule has 0 aromatic heterocycles. The van der Waals surface area contributed by atoms with Gasteiger partial charge >= 0.3 is 12.2 Å². The molecular formula is C37H49N5O9S. The van der Waals surface area contributed by atoms with Gasteiger partial charge in [-0.3, -0.25) is 24.0 Å². The summed E-state index contributed by atoms with van der Waals surface area (Å²) in [5.41, 5.74) is 1.59. The molecule has 0 unspecified atom stereocenters. The monoisotopic (exact) mass is 739 g/mol. The number of nitrogens with zero attached hydrogens (tertiary/aromatic N) is 2. The Morgan fingerprint density at radius 1 is 1.06 bits per heavy atom. The zero-order chi connectivity index (χ0) is 36.8. The van der Waals surface area contributed by atoms with Crippen molar-refractivity contribution >= 4 is 39.9 Å². The van der Waals surface area contributed by atoms with Crippen molar-refractivity contribution in [1.29, 1.82) is 0 Å². The minimum Gasteiger partial charge on any atom is -0.449 e. The third kappa shape index (κ3) is 7.79. The van der Waals surface area contributed by atoms with Gasteiger partial charge in [-0.15, -0.1) is 0 Å². The van der Waals surface area contributed by atoms with Crippen molar-refractivity contribution in [1.82, 2.24) is 25.2 Å². The molecule has 15 heteroatoms. The first kappa shape index (κ1) is 36.2. The van der Waals surface area contributed by atoms with Crippen LogP contribution in [0.15, 0.2) is 30.4 Å². The summed E-state index contributed by atoms with van der Waals surface area (Å²) in [6, 6.07) is 3.73. The number of ether oxygens (including phenoxy) is 2. The molecule has 0 bridgehead atoms. The van der Waals surface area contributed by atoms with Crippen LogP contribution in [0.25, 0.3) is 0 Å². The average Bonchev–Trinajstić information content (AvgIpc) is 4.06. The number of nitrogens with one attached hydrogen (secondary N) is 3. The first-order valence-electron chi connectivity index (χ1n) is 18.6. The van der Waals surface area contributed by atoms with Crippen molar-refractivity contribution in [2.45, 2.75) is 127 Å². The molecule has 3 heterocycles. The van der Waals surface area contributed by atoms with E-state index in [-0.39, 0.29) is 31.4 Å². The molecule has 5 amide bonds. The number of sulfonamides is 1. The number of fused-ring (bicyclic) bond motifs is 3. The Labute approximate surface area is 304 Å². The maximum absolute atomic E-state index is 14.4. The molecule has 3 aliphatic heterocycles. The third-order valence-electron chi connectivity index (χ3n) is 11.5. The highest BCUT2D eigenvalue weighted by Crippen LogP contribution is 2.46. The van der Waals surface area contributed by atoms with Gasteiger partial charge in [-0.05, 0) is 75.0 Å². The van der Waals surface area contributed by atoms with E-state index in [0.717, 1.165) is 42.4 Å². The summed E-state index contributed by atoms with van der Waals surface area (Å²) in [5.74, 6) is -2.43. The van der Waals surface area contributed by atoms with Crippen molar-refractivity contribution in [2.75, 3.05) is 13.2 Å². The maximum atomic E-state index is 14.4. The predicted molar refractivity (Wildman–Crippen MR) is 188 cm³/mol. The Hall–Kier alpha value is -4.14. The topological polar surface area (TPSA) is 181 Å². The van der Waals surface area contributed by atoms with Crippen molar-refractivity contribution in [3.63, 3.8) is 0 Å². The van der Waals surface area contributed by atoms with Gasteiger partial charge in [0.2, 0.25) is 21.8 Å². The molecule has 52 heavy (non-hydrogen) atoms. The summed E-state index contributed by atoms with van der Waals surface area (Å²) < 4.78 is 39.2. The summed E-state index contributed by atoms with van der Waals surface area (Å²) in [5, 5.41) is 4.95. The molecule has 0 radical (unpaired) electrons. The normalized spacial score (nSPS) is 30.3. The van der Waals surface area contributed by atoms with Crippen LogP contribution in [0.5, 0.6) is 0 Å². The second-order valence-corrected chi connectivity index (χ2v) is 17.9. The van der Waals surface area contributed by atoms with Gasteiger partial charge < -0.3 is 25.0 Å². The number of carbonyl (C=O) groups is 5. The summed E-state index contributed by atoms with van der Waals surface area (Å²) in [4.78, 5) is 71.6. The number of aryl methyl sites for hydroxylation is 1. The van der Waals surface area contributed by atoms with Crippen LogP contribution in [0.2, 0.25) is 0 Å². The summed E-state index contributed by atoms with van der Waals surface area (Å²) in [7, 11) is -3.89. The van der Waals surface area contributed by atoms with E-state index >= 15 is 0 Å². The molecule has 3 saturated carbocycles. The van der Waals surface area contributed by atoms with Crippen LogP contribution in [0.4, 0.5) is 9.59 Å². The lowest BCUT2D eigenvalue weighted by Crippen LogP contribution is -2.58. The molecule has 282 valence electrons. The van der Waals surface area contributed by atoms with Gasteiger partial charge in [-0.2, -0.15) is 0 Å². The molecule has 1 aromatic rings. The van der Waals surface area contributed by atoms with E-state index in [1.807, 2.05) is 44.2 Å². The van der Waals surface area contributed by atoms with Gasteiger partial charge in [-0.25, -0.2) is 18.0 Å². The molecule has 1 saturated heterocycles. The van der Waals surface area contributed by atoms with Crippen molar-refractivity contribution in [3.05, 3.63) is 47.0 Å². The molecule has 7 rings (SSSR count). The van der Waals surface area contributed by atoms with Crippen molar-refractivity contribution < 1.29 is 41.9 Å². The summed E-state index contributed by atoms with van der Waals surface area (Å²) in [6.07, 6.45) is 7.82. The number of hydrogen-bond donors (Lipinski definition) is 3. The number of hydrogen-bond acceptors (Lipinski definition) is 9. The lowest BCUT2D eigenvalue weighted by atomic mass is 10.0. The largest absolute Gasteiger partial charge is 0.449 e. The molecule has 5 atom stereocenters. The van der Waals surface area contributed by atoms with Gasteiger partial charge in [0.05, 0.1) is 18.4 Å². The number of rotatable bonds is 7. The van der Waals surface area contributed by atoms with Crippen LogP contribution < -0.4 is 15.4 Å². The van der Waals surface area contributed by atoms with Crippen LogP contribution in [-0.4, -0.2) is 90.3 Å². The number of benzene rings is 1. The van der Waals surface area contributed by atoms with E-state index in [4.69, 9.17) is 9.47 Å². The quantitative estimate of drug-likeness (QED) is 0.354. The van der Waals surface area contributed by atoms with E-state index in [1.54, 1.807) is 4.90 Å². The Morgan fingerprint density at radius 3 is 2.58 bits per heavy atom. The lowest BCUT2D eigenvalue weighted by Gasteiger charge is -2.29. The van der Waals surface area contributed by atoms with Crippen LogP contribution in [0.3, 0.4) is 0 Å². The summed E-state index contributed by atoms with van der Waals surface area (Å²) in [6.45, 7) is 4.90. The molecule has 6 aliphatic rings. The summed E-state index contributed by atoms with van der Waals surface area (Å²) >= 11 is 0. The third-order valence-corrected chi connectivity index (χ3v) is 13.4. The highest BCUT2D eigenvalue weighted by molar-refractivity contribution is 7.91. The number of allylic oxidation sites excluding steroid dienone is 1. The fourth-order valence-corrected chi connectivity index (χ4v) is 8.93. The van der Waals surface area contributed by atoms with E-state index in [1.165, 1.54) is 4.90 Å². The highest BCUT2D eigenvalue weighted by atomic mass is 32.2. The van der Waals surface area contributed by atoms with Gasteiger partial charge in [0, 0.05) is 30.8 Å². The second-order valence-electron chi connectivity index (χ2n) is 15.9. The van der Waals surface area contributed by atoms with Crippen LogP contribution in [-0.2, 0) is 47.0 Å². The maximum Gasteiger partial charge on any atom is 0.410 e. The minimum absolute atomic E-state index is 0.0444. The molecule has 0 spiro atoms. The van der Waals surface area contributed by atoms with Crippen LogP contribution in [0.1, 0.15) is 94.2 Å². The second kappa shape index (κ2) is 14.0. The predicted octanol–water partition coefficient (Wildman–Crippen LogP) is 3.32. The first-order chi connectivity index (χ1) is 24.8. The van der Waals surface area contributed by atoms with Gasteiger partial charge in [0.1, 0.15) is 23.7 Å². The van der Waals surface area contributed by atoms with E-state index in [0.29, 0.717) is 45.2 Å². The lowest BCUT2D eigenvalue weighted by molar-refractivity contribution is -0.141. The Bertz CT molecular complexity index is 1770. The fourth-order valence-electron chi connectivity index (χ4n) is 7.56. The highest BCUT2D eigenvalue weighted by Gasteiger charge is 2.62. The SMILES string of the molecule is Cc1cccc2c1CN(C(=O)O[C@@H]1C[C@H]3C(=O)N[C@]4(C(=O)NS(=O)(=O)C5CC5)C[C@H]4/C=C\CCCCC[C@H](NC(=O)OCC4(C)CC4)C(=O)N3C1)C2. The molecular weight excluding hydrogens is 691 g/mol. The van der Waals surface area contributed by atoms with E-state index in [9.17, 15) is 32.4 Å². The standard InChI is InChI=1S/C37H49N5O9S/c1-23-9-8-10-24-19-41(21-28(23)24)35(47)51-26-17-30-31(43)39-37(33(45)40-52(48,49)27-13-14-27)18-25(37)11-6-4-3-5-7-12-29(32(44)42(30)20-26)38-34(46)50-22-36(2)15-16-36/h6,8-11,25-27,29-30H,3-5,7,12-22H2,1-2H3,(H,38,46)(H,39,43)(H,40,45)/b11-6-/t25-,26-,29+,30+,37-/m1/s1. The number of alkyl carbamates (subject to hydrolysis) is 1. The Morgan fingerprint density at radius 2 is 1.85 bits per heavy atom.